The third-order valence-electron chi connectivity index (χ3n) is 5.86. The van der Waals surface area contributed by atoms with Crippen molar-refractivity contribution in [3.05, 3.63) is 70.2 Å². The number of carbonyl (C=O) groups excluding carboxylic acids is 1. The van der Waals surface area contributed by atoms with E-state index in [1.807, 2.05) is 24.3 Å². The molecule has 1 saturated heterocycles. The van der Waals surface area contributed by atoms with E-state index in [0.717, 1.165) is 36.0 Å². The number of rotatable bonds is 5. The van der Waals surface area contributed by atoms with Crippen LogP contribution in [0.15, 0.2) is 59.1 Å². The summed E-state index contributed by atoms with van der Waals surface area (Å²) in [6.45, 7) is 7.11. The monoisotopic (exact) mass is 399 g/mol. The second-order valence-electron chi connectivity index (χ2n) is 7.19. The van der Waals surface area contributed by atoms with Gasteiger partial charge in [0.25, 0.3) is 0 Å². The van der Waals surface area contributed by atoms with Crippen LogP contribution in [0.2, 0.25) is 0 Å². The van der Waals surface area contributed by atoms with E-state index in [4.69, 9.17) is 0 Å². The predicted molar refractivity (Wildman–Crippen MR) is 107 cm³/mol. The van der Waals surface area contributed by atoms with Gasteiger partial charge in [0.05, 0.1) is 6.54 Å². The van der Waals surface area contributed by atoms with E-state index in [-0.39, 0.29) is 11.2 Å². The molecule has 25 heavy (non-hydrogen) atoms. The Kier molecular flexibility index (Phi) is 5.75. The van der Waals surface area contributed by atoms with Gasteiger partial charge in [0.1, 0.15) is 0 Å². The van der Waals surface area contributed by atoms with E-state index in [9.17, 15) is 4.79 Å². The average Bonchev–Trinajstić information content (AvgIpc) is 2.63. The fourth-order valence-electron chi connectivity index (χ4n) is 4.26. The van der Waals surface area contributed by atoms with Gasteiger partial charge in [0, 0.05) is 22.0 Å². The molecule has 2 unspecified atom stereocenters. The molecule has 2 nitrogen and oxygen atoms in total. The molecule has 1 aliphatic heterocycles. The van der Waals surface area contributed by atoms with Crippen molar-refractivity contribution in [3.8, 4) is 0 Å². The van der Waals surface area contributed by atoms with Gasteiger partial charge >= 0.3 is 0 Å². The molecule has 3 heteroatoms. The first kappa shape index (κ1) is 18.3. The Hall–Kier alpha value is -1.45. The summed E-state index contributed by atoms with van der Waals surface area (Å²) in [5.41, 5.74) is 2.48. The number of piperidine rings is 1. The van der Waals surface area contributed by atoms with Crippen LogP contribution in [0.1, 0.15) is 42.6 Å². The fraction of sp³-hybridized carbons (Fsp3) is 0.409. The summed E-state index contributed by atoms with van der Waals surface area (Å²) in [4.78, 5) is 14.9. The van der Waals surface area contributed by atoms with Crippen LogP contribution in [0.5, 0.6) is 0 Å². The van der Waals surface area contributed by atoms with Crippen molar-refractivity contribution in [3.63, 3.8) is 0 Å². The first-order valence-corrected chi connectivity index (χ1v) is 9.91. The summed E-state index contributed by atoms with van der Waals surface area (Å²) < 4.78 is 1.01. The molecule has 0 aliphatic carbocycles. The minimum Gasteiger partial charge on any atom is -0.295 e. The molecular weight excluding hydrogens is 374 g/mol. The van der Waals surface area contributed by atoms with Crippen LogP contribution < -0.4 is 0 Å². The molecule has 0 N–H and O–H groups in total. The second kappa shape index (κ2) is 7.84. The Morgan fingerprint density at radius 2 is 1.84 bits per heavy atom. The molecule has 0 amide bonds. The van der Waals surface area contributed by atoms with E-state index in [1.54, 1.807) is 0 Å². The number of likely N-dealkylation sites (tertiary alicyclic amines) is 1. The molecule has 2 atom stereocenters. The Labute approximate surface area is 159 Å². The minimum absolute atomic E-state index is 0.211. The third-order valence-corrected chi connectivity index (χ3v) is 6.39. The highest BCUT2D eigenvalue weighted by atomic mass is 79.9. The molecule has 1 fully saturated rings. The van der Waals surface area contributed by atoms with Crippen LogP contribution in [0.4, 0.5) is 0 Å². The first-order valence-electron chi connectivity index (χ1n) is 9.12. The lowest BCUT2D eigenvalue weighted by molar-refractivity contribution is 0.0752. The molecule has 2 aromatic carbocycles. The van der Waals surface area contributed by atoms with Crippen LogP contribution in [-0.4, -0.2) is 30.3 Å². The molecule has 132 valence electrons. The van der Waals surface area contributed by atoms with Gasteiger partial charge in [-0.15, -0.1) is 0 Å². The van der Waals surface area contributed by atoms with Gasteiger partial charge in [0.2, 0.25) is 0 Å². The lowest BCUT2D eigenvalue weighted by Crippen LogP contribution is -2.49. The van der Waals surface area contributed by atoms with E-state index in [2.05, 4.69) is 65.0 Å². The van der Waals surface area contributed by atoms with Crippen molar-refractivity contribution in [1.29, 1.82) is 0 Å². The fourth-order valence-corrected chi connectivity index (χ4v) is 4.52. The predicted octanol–water partition coefficient (Wildman–Crippen LogP) is 5.32. The largest absolute Gasteiger partial charge is 0.295 e. The maximum absolute atomic E-state index is 12.6. The van der Waals surface area contributed by atoms with E-state index in [1.165, 1.54) is 5.56 Å². The van der Waals surface area contributed by atoms with Crippen LogP contribution in [-0.2, 0) is 5.41 Å². The molecule has 1 aliphatic rings. The van der Waals surface area contributed by atoms with Gasteiger partial charge in [-0.05, 0) is 43.0 Å². The number of hydrogen-bond acceptors (Lipinski definition) is 2. The maximum atomic E-state index is 12.6. The molecular formula is C22H26BrNO. The van der Waals surface area contributed by atoms with Crippen LogP contribution in [0, 0.1) is 5.92 Å². The van der Waals surface area contributed by atoms with Gasteiger partial charge < -0.3 is 0 Å². The number of hydrogen-bond donors (Lipinski definition) is 0. The van der Waals surface area contributed by atoms with Gasteiger partial charge in [-0.3, -0.25) is 9.69 Å². The van der Waals surface area contributed by atoms with Crippen molar-refractivity contribution in [2.75, 3.05) is 19.6 Å². The molecule has 1 heterocycles. The summed E-state index contributed by atoms with van der Waals surface area (Å²) in [7, 11) is 0. The van der Waals surface area contributed by atoms with Crippen molar-refractivity contribution in [2.24, 2.45) is 5.92 Å². The molecule has 0 saturated carbocycles. The van der Waals surface area contributed by atoms with Gasteiger partial charge in [-0.25, -0.2) is 0 Å². The molecule has 2 aromatic rings. The Morgan fingerprint density at radius 1 is 1.16 bits per heavy atom. The van der Waals surface area contributed by atoms with Crippen LogP contribution in [0.3, 0.4) is 0 Å². The molecule has 0 bridgehead atoms. The lowest BCUT2D eigenvalue weighted by atomic mass is 9.65. The minimum atomic E-state index is 0.211. The maximum Gasteiger partial charge on any atom is 0.176 e. The second-order valence-corrected chi connectivity index (χ2v) is 8.11. The average molecular weight is 400 g/mol. The van der Waals surface area contributed by atoms with Crippen LogP contribution in [0.25, 0.3) is 0 Å². The number of Topliss-reactive ketones (excluding diaryl/α,β-unsaturated/α-hetero) is 1. The smallest absolute Gasteiger partial charge is 0.176 e. The van der Waals surface area contributed by atoms with Crippen molar-refractivity contribution in [1.82, 2.24) is 4.90 Å². The van der Waals surface area contributed by atoms with Gasteiger partial charge in [-0.2, -0.15) is 0 Å². The quantitative estimate of drug-likeness (QED) is 0.633. The summed E-state index contributed by atoms with van der Waals surface area (Å²) in [5, 5.41) is 0. The molecule has 0 radical (unpaired) electrons. The van der Waals surface area contributed by atoms with Crippen molar-refractivity contribution in [2.45, 2.75) is 32.1 Å². The van der Waals surface area contributed by atoms with Gasteiger partial charge in [-0.1, -0.05) is 72.2 Å². The zero-order valence-corrected chi connectivity index (χ0v) is 16.6. The van der Waals surface area contributed by atoms with E-state index >= 15 is 0 Å². The molecule has 3 rings (SSSR count). The summed E-state index contributed by atoms with van der Waals surface area (Å²) in [6, 6.07) is 18.6. The Balaban J connectivity index is 1.69. The standard InChI is InChI=1S/C22H26BrNO/c1-3-22(19-7-5-4-6-8-19)13-14-24(15-17(22)2)16-21(25)18-9-11-20(23)12-10-18/h4-12,17H,3,13-16H2,1-2H3. The molecule has 0 aromatic heterocycles. The summed E-state index contributed by atoms with van der Waals surface area (Å²) in [5.74, 6) is 0.745. The highest BCUT2D eigenvalue weighted by molar-refractivity contribution is 9.10. The Bertz CT molecular complexity index is 713. The third kappa shape index (κ3) is 3.88. The zero-order valence-electron chi connectivity index (χ0n) is 15.0. The normalized spacial score (nSPS) is 24.2. The molecule has 0 spiro atoms. The summed E-state index contributed by atoms with van der Waals surface area (Å²) in [6.07, 6.45) is 2.26. The van der Waals surface area contributed by atoms with Crippen LogP contribution >= 0.6 is 15.9 Å². The topological polar surface area (TPSA) is 20.3 Å². The number of carbonyl (C=O) groups is 1. The van der Waals surface area contributed by atoms with Gasteiger partial charge in [0.15, 0.2) is 5.78 Å². The Morgan fingerprint density at radius 3 is 2.44 bits per heavy atom. The number of ketones is 1. The first-order chi connectivity index (χ1) is 12.0. The van der Waals surface area contributed by atoms with E-state index < -0.39 is 0 Å². The van der Waals surface area contributed by atoms with Crippen molar-refractivity contribution >= 4 is 21.7 Å². The number of benzene rings is 2. The number of halogens is 1. The highest BCUT2D eigenvalue weighted by Crippen LogP contribution is 2.42. The lowest BCUT2D eigenvalue weighted by Gasteiger charge is -2.47. The highest BCUT2D eigenvalue weighted by Gasteiger charge is 2.40. The summed E-state index contributed by atoms with van der Waals surface area (Å²) >= 11 is 3.42. The SMILES string of the molecule is CCC1(c2ccccc2)CCN(CC(=O)c2ccc(Br)cc2)CC1C. The van der Waals surface area contributed by atoms with E-state index in [0.29, 0.717) is 12.5 Å². The number of nitrogens with zero attached hydrogens (tertiary/aromatic N) is 1. The van der Waals surface area contributed by atoms with Crippen molar-refractivity contribution < 1.29 is 4.79 Å². The zero-order chi connectivity index (χ0) is 17.9.